The lowest BCUT2D eigenvalue weighted by molar-refractivity contribution is -0.133. The third kappa shape index (κ3) is 3.12. The quantitative estimate of drug-likeness (QED) is 0.920. The fraction of sp³-hybridized carbons (Fsp3) is 0.385. The van der Waals surface area contributed by atoms with Gasteiger partial charge in [0.15, 0.2) is 0 Å². The smallest absolute Gasteiger partial charge is 0.243 e. The molecule has 19 heavy (non-hydrogen) atoms. The molecule has 0 aromatic heterocycles. The zero-order valence-electron chi connectivity index (χ0n) is 10.5. The third-order valence-corrected chi connectivity index (χ3v) is 4.00. The molecule has 4 nitrogen and oxygen atoms in total. The van der Waals surface area contributed by atoms with Gasteiger partial charge in [-0.25, -0.2) is 4.39 Å². The molecule has 0 aliphatic carbocycles. The number of nitrogens with one attached hydrogen (secondary N) is 1. The van der Waals surface area contributed by atoms with Gasteiger partial charge in [-0.05, 0) is 24.1 Å². The Kier molecular flexibility index (Phi) is 4.19. The standard InChI is InChI=1S/C13H14BrFN2O2/c1-17-11(4-5-12(17)18)13(19)16-7-8-2-3-9(15)6-10(8)14/h2-3,6,11H,4-5,7H2,1H3,(H,16,19)/t11-/m0/s1. The Bertz CT molecular complexity index is 521. The number of nitrogens with zero attached hydrogens (tertiary/aromatic N) is 1. The number of halogens is 2. The number of rotatable bonds is 3. The molecule has 1 saturated heterocycles. The molecule has 1 aliphatic heterocycles. The van der Waals surface area contributed by atoms with Crippen molar-refractivity contribution in [2.75, 3.05) is 7.05 Å². The average molecular weight is 329 g/mol. The molecular formula is C13H14BrFN2O2. The molecule has 0 radical (unpaired) electrons. The highest BCUT2D eigenvalue weighted by atomic mass is 79.9. The molecule has 1 aliphatic rings. The van der Waals surface area contributed by atoms with Crippen LogP contribution in [0, 0.1) is 5.82 Å². The number of carbonyl (C=O) groups excluding carboxylic acids is 2. The minimum atomic E-state index is -0.397. The van der Waals surface area contributed by atoms with Gasteiger partial charge in [-0.15, -0.1) is 0 Å². The third-order valence-electron chi connectivity index (χ3n) is 3.26. The van der Waals surface area contributed by atoms with Crippen LogP contribution in [0.15, 0.2) is 22.7 Å². The lowest BCUT2D eigenvalue weighted by Gasteiger charge is -2.19. The molecule has 1 fully saturated rings. The van der Waals surface area contributed by atoms with Gasteiger partial charge in [0.2, 0.25) is 11.8 Å². The molecule has 0 spiro atoms. The highest BCUT2D eigenvalue weighted by Crippen LogP contribution is 2.19. The van der Waals surface area contributed by atoms with Crippen molar-refractivity contribution in [2.45, 2.75) is 25.4 Å². The largest absolute Gasteiger partial charge is 0.350 e. The van der Waals surface area contributed by atoms with E-state index in [-0.39, 0.29) is 17.6 Å². The Morgan fingerprint density at radius 1 is 1.58 bits per heavy atom. The molecule has 0 unspecified atom stereocenters. The van der Waals surface area contributed by atoms with E-state index in [1.807, 2.05) is 0 Å². The van der Waals surface area contributed by atoms with Crippen molar-refractivity contribution in [3.63, 3.8) is 0 Å². The molecular weight excluding hydrogens is 315 g/mol. The minimum absolute atomic E-state index is 0.0110. The summed E-state index contributed by atoms with van der Waals surface area (Å²) in [7, 11) is 1.63. The fourth-order valence-corrected chi connectivity index (χ4v) is 2.57. The number of hydrogen-bond acceptors (Lipinski definition) is 2. The van der Waals surface area contributed by atoms with E-state index < -0.39 is 6.04 Å². The number of likely N-dealkylation sites (N-methyl/N-ethyl adjacent to an activating group) is 1. The molecule has 1 aromatic rings. The summed E-state index contributed by atoms with van der Waals surface area (Å²) in [4.78, 5) is 24.8. The second-order valence-electron chi connectivity index (χ2n) is 4.51. The number of hydrogen-bond donors (Lipinski definition) is 1. The van der Waals surface area contributed by atoms with Gasteiger partial charge in [-0.1, -0.05) is 22.0 Å². The molecule has 1 heterocycles. The lowest BCUT2D eigenvalue weighted by Crippen LogP contribution is -2.42. The Morgan fingerprint density at radius 2 is 2.32 bits per heavy atom. The summed E-state index contributed by atoms with van der Waals surface area (Å²) in [5.41, 5.74) is 0.793. The van der Waals surface area contributed by atoms with Gasteiger partial charge < -0.3 is 10.2 Å². The molecule has 1 N–H and O–H groups in total. The lowest BCUT2D eigenvalue weighted by atomic mass is 10.2. The maximum atomic E-state index is 12.9. The van der Waals surface area contributed by atoms with Crippen LogP contribution < -0.4 is 5.32 Å². The van der Waals surface area contributed by atoms with E-state index in [1.54, 1.807) is 13.1 Å². The van der Waals surface area contributed by atoms with Crippen LogP contribution in [0.5, 0.6) is 0 Å². The van der Waals surface area contributed by atoms with Crippen LogP contribution in [-0.4, -0.2) is 29.8 Å². The summed E-state index contributed by atoms with van der Waals surface area (Å²) >= 11 is 3.25. The first-order valence-corrected chi connectivity index (χ1v) is 6.75. The van der Waals surface area contributed by atoms with Crippen LogP contribution in [0.4, 0.5) is 4.39 Å². The average Bonchev–Trinajstić information content (AvgIpc) is 2.69. The van der Waals surface area contributed by atoms with Crippen LogP contribution in [0.1, 0.15) is 18.4 Å². The van der Waals surface area contributed by atoms with Crippen molar-refractivity contribution in [2.24, 2.45) is 0 Å². The minimum Gasteiger partial charge on any atom is -0.350 e. The van der Waals surface area contributed by atoms with Crippen LogP contribution in [-0.2, 0) is 16.1 Å². The van der Waals surface area contributed by atoms with Crippen molar-refractivity contribution >= 4 is 27.7 Å². The van der Waals surface area contributed by atoms with Crippen molar-refractivity contribution in [3.05, 3.63) is 34.1 Å². The first-order valence-electron chi connectivity index (χ1n) is 5.96. The zero-order chi connectivity index (χ0) is 14.0. The second-order valence-corrected chi connectivity index (χ2v) is 5.37. The summed E-state index contributed by atoms with van der Waals surface area (Å²) in [6.45, 7) is 0.304. The zero-order valence-corrected chi connectivity index (χ0v) is 12.0. The van der Waals surface area contributed by atoms with E-state index in [1.165, 1.54) is 17.0 Å². The number of benzene rings is 1. The first kappa shape index (κ1) is 14.0. The Balaban J connectivity index is 1.95. The topological polar surface area (TPSA) is 49.4 Å². The van der Waals surface area contributed by atoms with E-state index in [0.29, 0.717) is 23.9 Å². The summed E-state index contributed by atoms with van der Waals surface area (Å²) < 4.78 is 13.5. The Morgan fingerprint density at radius 3 is 2.89 bits per heavy atom. The van der Waals surface area contributed by atoms with Crippen molar-refractivity contribution in [3.8, 4) is 0 Å². The van der Waals surface area contributed by atoms with Crippen molar-refractivity contribution < 1.29 is 14.0 Å². The normalized spacial score (nSPS) is 18.8. The fourth-order valence-electron chi connectivity index (χ4n) is 2.08. The SMILES string of the molecule is CN1C(=O)CC[C@H]1C(=O)NCc1ccc(F)cc1Br. The van der Waals surface area contributed by atoms with Crippen molar-refractivity contribution in [1.29, 1.82) is 0 Å². The second kappa shape index (κ2) is 5.69. The molecule has 102 valence electrons. The summed E-state index contributed by atoms with van der Waals surface area (Å²) in [5, 5.41) is 2.77. The van der Waals surface area contributed by atoms with E-state index in [9.17, 15) is 14.0 Å². The van der Waals surface area contributed by atoms with E-state index in [4.69, 9.17) is 0 Å². The molecule has 1 aromatic carbocycles. The van der Waals surface area contributed by atoms with E-state index in [2.05, 4.69) is 21.2 Å². The van der Waals surface area contributed by atoms with Crippen molar-refractivity contribution in [1.82, 2.24) is 10.2 Å². The van der Waals surface area contributed by atoms with Gasteiger partial charge in [0.25, 0.3) is 0 Å². The van der Waals surface area contributed by atoms with Crippen LogP contribution in [0.25, 0.3) is 0 Å². The molecule has 2 rings (SSSR count). The van der Waals surface area contributed by atoms with Gasteiger partial charge in [-0.2, -0.15) is 0 Å². The summed E-state index contributed by atoms with van der Waals surface area (Å²) in [5.74, 6) is -0.518. The Hall–Kier alpha value is -1.43. The highest BCUT2D eigenvalue weighted by molar-refractivity contribution is 9.10. The highest BCUT2D eigenvalue weighted by Gasteiger charge is 2.32. The molecule has 0 bridgehead atoms. The molecule has 2 amide bonds. The number of likely N-dealkylation sites (tertiary alicyclic amines) is 1. The monoisotopic (exact) mass is 328 g/mol. The summed E-state index contributed by atoms with van der Waals surface area (Å²) in [6, 6.07) is 3.92. The van der Waals surface area contributed by atoms with Gasteiger partial charge in [0.1, 0.15) is 11.9 Å². The molecule has 1 atom stereocenters. The number of carbonyl (C=O) groups is 2. The molecule has 6 heteroatoms. The maximum absolute atomic E-state index is 12.9. The van der Waals surface area contributed by atoms with Gasteiger partial charge in [0, 0.05) is 24.5 Å². The van der Waals surface area contributed by atoms with Gasteiger partial charge >= 0.3 is 0 Å². The molecule has 0 saturated carbocycles. The van der Waals surface area contributed by atoms with E-state index in [0.717, 1.165) is 5.56 Å². The van der Waals surface area contributed by atoms with Gasteiger partial charge in [-0.3, -0.25) is 9.59 Å². The summed E-state index contributed by atoms with van der Waals surface area (Å²) in [6.07, 6.45) is 0.959. The van der Waals surface area contributed by atoms with Crippen LogP contribution in [0.3, 0.4) is 0 Å². The Labute approximate surface area is 119 Å². The predicted octanol–water partition coefficient (Wildman–Crippen LogP) is 1.83. The maximum Gasteiger partial charge on any atom is 0.243 e. The predicted molar refractivity (Wildman–Crippen MR) is 71.7 cm³/mol. The van der Waals surface area contributed by atoms with Crippen LogP contribution >= 0.6 is 15.9 Å². The first-order chi connectivity index (χ1) is 8.99. The van der Waals surface area contributed by atoms with Crippen LogP contribution in [0.2, 0.25) is 0 Å². The van der Waals surface area contributed by atoms with Gasteiger partial charge in [0.05, 0.1) is 0 Å². The number of amides is 2. The van der Waals surface area contributed by atoms with E-state index >= 15 is 0 Å².